The van der Waals surface area contributed by atoms with Gasteiger partial charge < -0.3 is 100 Å². The number of rotatable bonds is 45. The number of hydrogen-bond donors (Lipinski definition) is 14. The standard InChI is InChI=1S/C59H108N2O21/c1-4-6-8-10-12-14-16-18-19-21-23-25-27-29-31-33-46(69)61-40(41(66)32-30-28-26-24-22-20-17-15-13-11-9-7-5-2)38-77-56-51(73)50(72)53(45(37-64)79-56)80-57-52(74)55(49(71)44(36-63)78-57)82-59(58(75)76)34-42(67)47(60-39(3)65)54(81-59)48(70)43(68)35-62/h30,32,40-45,47-57,62-64,66-68,70-74H,4-29,31,33-38H2,1-3H3,(H,60,65)(H,61,69)(H,75,76)/b32-30+/t40-,41+,42-,43+,44-,45-,47+,48+,49-,50+,51+,52+,53-,54+,55+,56+,57-,59?/m0/s1. The van der Waals surface area contributed by atoms with Gasteiger partial charge in [0.05, 0.1) is 50.7 Å². The predicted molar refractivity (Wildman–Crippen MR) is 301 cm³/mol. The Morgan fingerprint density at radius 3 is 1.62 bits per heavy atom. The third-order valence-electron chi connectivity index (χ3n) is 16.0. The normalized spacial score (nSPS) is 30.2. The number of aliphatic hydroxyl groups is 11. The van der Waals surface area contributed by atoms with Gasteiger partial charge in [-0.3, -0.25) is 9.59 Å². The number of hydrogen-bond acceptors (Lipinski definition) is 20. The second-order valence-corrected chi connectivity index (χ2v) is 22.9. The summed E-state index contributed by atoms with van der Waals surface area (Å²) >= 11 is 0. The molecule has 18 atom stereocenters. The van der Waals surface area contributed by atoms with Gasteiger partial charge >= 0.3 is 5.97 Å². The Bertz CT molecular complexity index is 1740. The van der Waals surface area contributed by atoms with Gasteiger partial charge in [-0.2, -0.15) is 0 Å². The van der Waals surface area contributed by atoms with Gasteiger partial charge in [0, 0.05) is 19.8 Å². The highest BCUT2D eigenvalue weighted by Gasteiger charge is 2.60. The van der Waals surface area contributed by atoms with Gasteiger partial charge in [0.1, 0.15) is 67.1 Å². The summed E-state index contributed by atoms with van der Waals surface area (Å²) < 4.78 is 34.7. The van der Waals surface area contributed by atoms with Gasteiger partial charge in [-0.15, -0.1) is 0 Å². The van der Waals surface area contributed by atoms with E-state index < -0.39 is 155 Å². The van der Waals surface area contributed by atoms with Crippen molar-refractivity contribution in [2.24, 2.45) is 0 Å². The zero-order chi connectivity index (χ0) is 60.5. The van der Waals surface area contributed by atoms with E-state index in [9.17, 15) is 75.7 Å². The molecule has 23 heteroatoms. The lowest BCUT2D eigenvalue weighted by Gasteiger charge is -2.50. The molecule has 3 aliphatic rings. The smallest absolute Gasteiger partial charge is 0.364 e. The number of carbonyl (C=O) groups excluding carboxylic acids is 2. The minimum atomic E-state index is -3.08. The van der Waals surface area contributed by atoms with E-state index in [2.05, 4.69) is 24.5 Å². The molecule has 3 aliphatic heterocycles. The van der Waals surface area contributed by atoms with Crippen LogP contribution in [0.4, 0.5) is 0 Å². The van der Waals surface area contributed by atoms with Crippen molar-refractivity contribution in [2.45, 2.75) is 317 Å². The minimum Gasteiger partial charge on any atom is -0.477 e. The molecular formula is C59H108N2O21. The van der Waals surface area contributed by atoms with E-state index in [1.54, 1.807) is 6.08 Å². The number of ether oxygens (including phenoxy) is 6. The van der Waals surface area contributed by atoms with Crippen LogP contribution < -0.4 is 10.6 Å². The maximum atomic E-state index is 13.4. The van der Waals surface area contributed by atoms with Crippen molar-refractivity contribution in [2.75, 3.05) is 26.4 Å². The van der Waals surface area contributed by atoms with E-state index in [0.717, 1.165) is 51.9 Å². The van der Waals surface area contributed by atoms with Crippen molar-refractivity contribution in [3.63, 3.8) is 0 Å². The average molecular weight is 1180 g/mol. The number of nitrogens with one attached hydrogen (secondary N) is 2. The van der Waals surface area contributed by atoms with Gasteiger partial charge in [-0.1, -0.05) is 180 Å². The number of aliphatic carboxylic acids is 1. The van der Waals surface area contributed by atoms with Crippen molar-refractivity contribution in [1.82, 2.24) is 10.6 Å². The molecule has 14 N–H and O–H groups in total. The van der Waals surface area contributed by atoms with E-state index in [-0.39, 0.29) is 12.3 Å². The zero-order valence-corrected chi connectivity index (χ0v) is 49.3. The maximum absolute atomic E-state index is 13.4. The number of allylic oxidation sites excluding steroid dienone is 1. The number of amides is 2. The summed E-state index contributed by atoms with van der Waals surface area (Å²) in [4.78, 5) is 38.4. The van der Waals surface area contributed by atoms with Crippen molar-refractivity contribution >= 4 is 17.8 Å². The van der Waals surface area contributed by atoms with Crippen LogP contribution in [0.25, 0.3) is 0 Å². The Morgan fingerprint density at radius 1 is 0.634 bits per heavy atom. The molecular weight excluding hydrogens is 1070 g/mol. The first kappa shape index (κ1) is 73.7. The van der Waals surface area contributed by atoms with Crippen LogP contribution in [0.3, 0.4) is 0 Å². The summed E-state index contributed by atoms with van der Waals surface area (Å²) in [5, 5.41) is 135. The maximum Gasteiger partial charge on any atom is 0.364 e. The lowest BCUT2D eigenvalue weighted by atomic mass is 9.88. The SMILES string of the molecule is CCCCCCCCCCCCC/C=C/[C@@H](O)[C@H](CO[C@@H]1O[C@@H](CO)[C@H](O[C@@H]2O[C@@H](CO)[C@H](O)[C@@H](OC3(C(=O)O)C[C@H](O)[C@@H](NC(C)=O)[C@H]([C@H](O)[C@H](O)CO)O3)[C@H]2O)[C@H](O)[C@H]1O)NC(=O)CCCCCCCCCCCCCCCCC. The highest BCUT2D eigenvalue weighted by Crippen LogP contribution is 2.38. The molecule has 1 unspecified atom stereocenters. The van der Waals surface area contributed by atoms with Gasteiger partial charge in [-0.25, -0.2) is 4.79 Å². The Morgan fingerprint density at radius 2 is 1.13 bits per heavy atom. The molecule has 82 heavy (non-hydrogen) atoms. The van der Waals surface area contributed by atoms with Crippen molar-refractivity contribution in [1.29, 1.82) is 0 Å². The van der Waals surface area contributed by atoms with Gasteiger partial charge in [-0.05, 0) is 19.3 Å². The molecule has 0 aromatic heterocycles. The van der Waals surface area contributed by atoms with E-state index in [4.69, 9.17) is 28.4 Å². The van der Waals surface area contributed by atoms with E-state index >= 15 is 0 Å². The minimum absolute atomic E-state index is 0.204. The van der Waals surface area contributed by atoms with Crippen LogP contribution in [0.5, 0.6) is 0 Å². The molecule has 0 aliphatic carbocycles. The fourth-order valence-corrected chi connectivity index (χ4v) is 10.9. The van der Waals surface area contributed by atoms with Gasteiger partial charge in [0.25, 0.3) is 5.79 Å². The third kappa shape index (κ3) is 25.4. The van der Waals surface area contributed by atoms with E-state index in [0.29, 0.717) is 12.8 Å². The first-order chi connectivity index (χ1) is 39.4. The largest absolute Gasteiger partial charge is 0.477 e. The molecule has 3 heterocycles. The molecule has 0 spiro atoms. The van der Waals surface area contributed by atoms with Crippen molar-refractivity contribution in [3.8, 4) is 0 Å². The first-order valence-corrected chi connectivity index (χ1v) is 31.1. The molecule has 0 bridgehead atoms. The lowest BCUT2D eigenvalue weighted by molar-refractivity contribution is -0.386. The monoisotopic (exact) mass is 1180 g/mol. The summed E-state index contributed by atoms with van der Waals surface area (Å²) in [7, 11) is 0. The van der Waals surface area contributed by atoms with Crippen LogP contribution in [-0.4, -0.2) is 215 Å². The van der Waals surface area contributed by atoms with E-state index in [1.807, 2.05) is 6.08 Å². The Kier molecular flexibility index (Phi) is 37.4. The second kappa shape index (κ2) is 41.5. The summed E-state index contributed by atoms with van der Waals surface area (Å²) in [5.74, 6) is -6.14. The predicted octanol–water partition coefficient (Wildman–Crippen LogP) is 3.17. The molecule has 0 radical (unpaired) electrons. The number of carboxylic acid groups (broad SMARTS) is 1. The van der Waals surface area contributed by atoms with Gasteiger partial charge in [0.15, 0.2) is 12.6 Å². The van der Waals surface area contributed by atoms with Crippen LogP contribution in [0.1, 0.15) is 207 Å². The molecule has 480 valence electrons. The van der Waals surface area contributed by atoms with Crippen LogP contribution >= 0.6 is 0 Å². The molecule has 3 fully saturated rings. The first-order valence-electron chi connectivity index (χ1n) is 31.1. The summed E-state index contributed by atoms with van der Waals surface area (Å²) in [5.41, 5.74) is 0. The molecule has 23 nitrogen and oxygen atoms in total. The average Bonchev–Trinajstić information content (AvgIpc) is 3.65. The Balaban J connectivity index is 1.67. The van der Waals surface area contributed by atoms with Crippen LogP contribution in [0, 0.1) is 0 Å². The molecule has 2 amide bonds. The molecule has 0 aromatic rings. The lowest BCUT2D eigenvalue weighted by Crippen LogP contribution is -2.70. The van der Waals surface area contributed by atoms with Crippen molar-refractivity contribution < 1.29 is 104 Å². The van der Waals surface area contributed by atoms with Crippen molar-refractivity contribution in [3.05, 3.63) is 12.2 Å². The van der Waals surface area contributed by atoms with Crippen LogP contribution in [0.2, 0.25) is 0 Å². The number of aliphatic hydroxyl groups excluding tert-OH is 11. The Labute approximate surface area is 486 Å². The van der Waals surface area contributed by atoms with Gasteiger partial charge in [0.2, 0.25) is 11.8 Å². The zero-order valence-electron chi connectivity index (χ0n) is 49.3. The number of carboxylic acids is 1. The highest BCUT2D eigenvalue weighted by atomic mass is 16.8. The Hall–Kier alpha value is -2.53. The molecule has 0 saturated carbocycles. The summed E-state index contributed by atoms with van der Waals surface area (Å²) in [6, 6.07) is -2.61. The topological polar surface area (TPSA) is 373 Å². The molecule has 0 aromatic carbocycles. The van der Waals surface area contributed by atoms with E-state index in [1.165, 1.54) is 116 Å². The fraction of sp³-hybridized carbons (Fsp3) is 0.915. The second-order valence-electron chi connectivity index (χ2n) is 22.9. The summed E-state index contributed by atoms with van der Waals surface area (Å²) in [6.07, 6.45) is 5.61. The molecule has 3 saturated heterocycles. The number of unbranched alkanes of at least 4 members (excludes halogenated alkanes) is 25. The third-order valence-corrected chi connectivity index (χ3v) is 16.0. The quantitative estimate of drug-likeness (QED) is 0.0307. The fourth-order valence-electron chi connectivity index (χ4n) is 10.9. The highest BCUT2D eigenvalue weighted by molar-refractivity contribution is 5.77. The molecule has 3 rings (SSSR count). The summed E-state index contributed by atoms with van der Waals surface area (Å²) in [6.45, 7) is 2.10. The number of carbonyl (C=O) groups is 3. The van der Waals surface area contributed by atoms with Crippen LogP contribution in [-0.2, 0) is 42.8 Å². The van der Waals surface area contributed by atoms with Crippen LogP contribution in [0.15, 0.2) is 12.2 Å².